The highest BCUT2D eigenvalue weighted by atomic mass is 16.7. The van der Waals surface area contributed by atoms with Crippen LogP contribution in [-0.2, 0) is 0 Å². The molecule has 2 N–H and O–H groups in total. The molecule has 3 rings (SSSR count). The van der Waals surface area contributed by atoms with Crippen LogP contribution < -0.4 is 20.1 Å². The number of hydrogen-bond acceptors (Lipinski definition) is 6. The van der Waals surface area contributed by atoms with Crippen LogP contribution >= 0.6 is 0 Å². The van der Waals surface area contributed by atoms with E-state index in [2.05, 4.69) is 10.6 Å². The molecule has 0 fully saturated rings. The fourth-order valence-corrected chi connectivity index (χ4v) is 2.30. The highest BCUT2D eigenvalue weighted by molar-refractivity contribution is 5.94. The minimum absolute atomic E-state index is 0.000373. The van der Waals surface area contributed by atoms with Crippen molar-refractivity contribution in [2.45, 2.75) is 0 Å². The average molecular weight is 329 g/mol. The Morgan fingerprint density at radius 1 is 1.12 bits per heavy atom. The summed E-state index contributed by atoms with van der Waals surface area (Å²) < 4.78 is 10.4. The fourth-order valence-electron chi connectivity index (χ4n) is 2.30. The number of nitrogens with one attached hydrogen (secondary N) is 2. The van der Waals surface area contributed by atoms with Gasteiger partial charge in [-0.15, -0.1) is 0 Å². The lowest BCUT2D eigenvalue weighted by Gasteiger charge is -2.08. The van der Waals surface area contributed by atoms with Gasteiger partial charge in [0.05, 0.1) is 4.92 Å². The van der Waals surface area contributed by atoms with Crippen LogP contribution in [0.4, 0.5) is 11.4 Å². The lowest BCUT2D eigenvalue weighted by molar-refractivity contribution is -0.384. The van der Waals surface area contributed by atoms with Gasteiger partial charge in [0, 0.05) is 24.7 Å². The van der Waals surface area contributed by atoms with Gasteiger partial charge in [0.15, 0.2) is 11.5 Å². The monoisotopic (exact) mass is 329 g/mol. The number of ether oxygens (including phenoxy) is 2. The van der Waals surface area contributed by atoms with Gasteiger partial charge in [0.1, 0.15) is 5.69 Å². The standard InChI is InChI=1S/C16H15N3O5/c20-16(11-5-6-14-15(9-11)24-10-23-14)18-8-7-17-12-3-1-2-4-13(12)19(21)22/h1-6,9,17H,7-8,10H2,(H,18,20). The maximum Gasteiger partial charge on any atom is 0.292 e. The van der Waals surface area contributed by atoms with E-state index < -0.39 is 4.92 Å². The summed E-state index contributed by atoms with van der Waals surface area (Å²) in [4.78, 5) is 22.6. The zero-order chi connectivity index (χ0) is 16.9. The maximum absolute atomic E-state index is 12.1. The molecule has 1 amide bonds. The predicted octanol–water partition coefficient (Wildman–Crippen LogP) is 2.17. The molecule has 0 spiro atoms. The molecular formula is C16H15N3O5. The number of nitrogens with zero attached hydrogens (tertiary/aromatic N) is 1. The first-order valence-electron chi connectivity index (χ1n) is 7.30. The Morgan fingerprint density at radius 2 is 1.92 bits per heavy atom. The highest BCUT2D eigenvalue weighted by Crippen LogP contribution is 2.32. The molecule has 8 heteroatoms. The average Bonchev–Trinajstić information content (AvgIpc) is 3.06. The van der Waals surface area contributed by atoms with Gasteiger partial charge in [0.2, 0.25) is 6.79 Å². The summed E-state index contributed by atoms with van der Waals surface area (Å²) in [6.45, 7) is 0.834. The molecule has 0 radical (unpaired) electrons. The quantitative estimate of drug-likeness (QED) is 0.478. The number of amides is 1. The van der Waals surface area contributed by atoms with E-state index in [-0.39, 0.29) is 18.4 Å². The van der Waals surface area contributed by atoms with E-state index in [9.17, 15) is 14.9 Å². The van der Waals surface area contributed by atoms with Gasteiger partial charge < -0.3 is 20.1 Å². The van der Waals surface area contributed by atoms with Crippen LogP contribution in [0.2, 0.25) is 0 Å². The molecule has 0 atom stereocenters. The fraction of sp³-hybridized carbons (Fsp3) is 0.188. The molecule has 1 aliphatic rings. The number of fused-ring (bicyclic) bond motifs is 1. The van der Waals surface area contributed by atoms with Crippen LogP contribution in [0.25, 0.3) is 0 Å². The van der Waals surface area contributed by atoms with E-state index in [1.807, 2.05) is 0 Å². The largest absolute Gasteiger partial charge is 0.454 e. The molecule has 2 aromatic carbocycles. The number of para-hydroxylation sites is 2. The van der Waals surface area contributed by atoms with Crippen molar-refractivity contribution in [1.82, 2.24) is 5.32 Å². The van der Waals surface area contributed by atoms with Crippen molar-refractivity contribution in [1.29, 1.82) is 0 Å². The number of carbonyl (C=O) groups is 1. The third-order valence-electron chi connectivity index (χ3n) is 3.46. The SMILES string of the molecule is O=C(NCCNc1ccccc1[N+](=O)[O-])c1ccc2c(c1)OCO2. The van der Waals surface area contributed by atoms with Crippen molar-refractivity contribution < 1.29 is 19.2 Å². The van der Waals surface area contributed by atoms with E-state index in [1.54, 1.807) is 36.4 Å². The topological polar surface area (TPSA) is 103 Å². The Balaban J connectivity index is 1.52. The number of carbonyl (C=O) groups excluding carboxylic acids is 1. The van der Waals surface area contributed by atoms with Crippen LogP contribution in [-0.4, -0.2) is 30.7 Å². The lowest BCUT2D eigenvalue weighted by atomic mass is 10.2. The highest BCUT2D eigenvalue weighted by Gasteiger charge is 2.16. The van der Waals surface area contributed by atoms with Crippen LogP contribution in [0.3, 0.4) is 0 Å². The van der Waals surface area contributed by atoms with Crippen LogP contribution in [0.15, 0.2) is 42.5 Å². The summed E-state index contributed by atoms with van der Waals surface area (Å²) in [7, 11) is 0. The molecule has 1 aliphatic heterocycles. The molecular weight excluding hydrogens is 314 g/mol. The summed E-state index contributed by atoms with van der Waals surface area (Å²) in [5.41, 5.74) is 0.879. The van der Waals surface area contributed by atoms with Crippen molar-refractivity contribution in [3.63, 3.8) is 0 Å². The molecule has 2 aromatic rings. The van der Waals surface area contributed by atoms with Crippen molar-refractivity contribution in [3.05, 3.63) is 58.1 Å². The second-order valence-corrected chi connectivity index (χ2v) is 5.02. The van der Waals surface area contributed by atoms with Gasteiger partial charge in [-0.1, -0.05) is 12.1 Å². The van der Waals surface area contributed by atoms with E-state index in [1.165, 1.54) is 6.07 Å². The molecule has 0 aromatic heterocycles. The summed E-state index contributed by atoms with van der Waals surface area (Å²) >= 11 is 0. The van der Waals surface area contributed by atoms with Crippen LogP contribution in [0.1, 0.15) is 10.4 Å². The predicted molar refractivity (Wildman–Crippen MR) is 86.5 cm³/mol. The number of benzene rings is 2. The zero-order valence-corrected chi connectivity index (χ0v) is 12.7. The second-order valence-electron chi connectivity index (χ2n) is 5.02. The third-order valence-corrected chi connectivity index (χ3v) is 3.46. The summed E-state index contributed by atoms with van der Waals surface area (Å²) in [6.07, 6.45) is 0. The van der Waals surface area contributed by atoms with Crippen molar-refractivity contribution >= 4 is 17.3 Å². The smallest absolute Gasteiger partial charge is 0.292 e. The number of hydrogen-bond donors (Lipinski definition) is 2. The van der Waals surface area contributed by atoms with E-state index >= 15 is 0 Å². The van der Waals surface area contributed by atoms with Crippen LogP contribution in [0.5, 0.6) is 11.5 Å². The molecule has 0 bridgehead atoms. The molecule has 8 nitrogen and oxygen atoms in total. The number of nitro groups is 1. The molecule has 1 heterocycles. The molecule has 24 heavy (non-hydrogen) atoms. The summed E-state index contributed by atoms with van der Waals surface area (Å²) in [5, 5.41) is 16.6. The molecule has 0 unspecified atom stereocenters. The van der Waals surface area contributed by atoms with Crippen LogP contribution in [0, 0.1) is 10.1 Å². The second kappa shape index (κ2) is 6.86. The molecule has 0 saturated heterocycles. The molecule has 124 valence electrons. The van der Waals surface area contributed by atoms with Crippen molar-refractivity contribution in [2.75, 3.05) is 25.2 Å². The number of rotatable bonds is 6. The maximum atomic E-state index is 12.1. The van der Waals surface area contributed by atoms with Crippen molar-refractivity contribution in [2.24, 2.45) is 0 Å². The molecule has 0 saturated carbocycles. The van der Waals surface area contributed by atoms with Gasteiger partial charge in [-0.25, -0.2) is 0 Å². The van der Waals surface area contributed by atoms with Gasteiger partial charge in [-0.3, -0.25) is 14.9 Å². The lowest BCUT2D eigenvalue weighted by Crippen LogP contribution is -2.28. The number of nitro benzene ring substituents is 1. The summed E-state index contributed by atoms with van der Waals surface area (Å²) in [6, 6.07) is 11.3. The normalized spacial score (nSPS) is 11.8. The Kier molecular flexibility index (Phi) is 4.46. The minimum Gasteiger partial charge on any atom is -0.454 e. The Morgan fingerprint density at radius 3 is 2.75 bits per heavy atom. The zero-order valence-electron chi connectivity index (χ0n) is 12.7. The van der Waals surface area contributed by atoms with E-state index in [0.717, 1.165) is 0 Å². The first kappa shape index (κ1) is 15.6. The van der Waals surface area contributed by atoms with Gasteiger partial charge >= 0.3 is 0 Å². The first-order valence-corrected chi connectivity index (χ1v) is 7.30. The Hall–Kier alpha value is -3.29. The Bertz CT molecular complexity index is 778. The van der Waals surface area contributed by atoms with Crippen molar-refractivity contribution in [3.8, 4) is 11.5 Å². The number of anilines is 1. The molecule has 0 aliphatic carbocycles. The van der Waals surface area contributed by atoms with Gasteiger partial charge in [-0.05, 0) is 24.3 Å². The van der Waals surface area contributed by atoms with E-state index in [0.29, 0.717) is 35.8 Å². The third kappa shape index (κ3) is 3.37. The summed E-state index contributed by atoms with van der Waals surface area (Å²) in [5.74, 6) is 0.906. The first-order chi connectivity index (χ1) is 11.6. The Labute approximate surface area is 137 Å². The van der Waals surface area contributed by atoms with Gasteiger partial charge in [-0.2, -0.15) is 0 Å². The van der Waals surface area contributed by atoms with Gasteiger partial charge in [0.25, 0.3) is 11.6 Å². The van der Waals surface area contributed by atoms with E-state index in [4.69, 9.17) is 9.47 Å². The minimum atomic E-state index is -0.451.